The molecule has 0 fully saturated rings. The molecule has 0 spiro atoms. The first-order chi connectivity index (χ1) is 12.7. The highest BCUT2D eigenvalue weighted by Gasteiger charge is 2.28. The Hall–Kier alpha value is -2.31. The van der Waals surface area contributed by atoms with Gasteiger partial charge in [-0.3, -0.25) is 4.84 Å². The Morgan fingerprint density at radius 3 is 1.81 bits per heavy atom. The van der Waals surface area contributed by atoms with E-state index in [-0.39, 0.29) is 0 Å². The van der Waals surface area contributed by atoms with Gasteiger partial charge < -0.3 is 18.9 Å². The molecule has 1 N–H and O–H groups in total. The van der Waals surface area contributed by atoms with Crippen LogP contribution < -0.4 is 24.6 Å². The quantitative estimate of drug-likeness (QED) is 0.775. The molecule has 26 heavy (non-hydrogen) atoms. The second kappa shape index (κ2) is 8.38. The Kier molecular flexibility index (Phi) is 5.96. The van der Waals surface area contributed by atoms with Gasteiger partial charge in [0.2, 0.25) is 0 Å². The molecule has 1 unspecified atom stereocenters. The van der Waals surface area contributed by atoms with Gasteiger partial charge in [0.15, 0.2) is 5.85 Å². The molecule has 0 aliphatic carbocycles. The van der Waals surface area contributed by atoms with Gasteiger partial charge in [-0.05, 0) is 32.5 Å². The number of benzene rings is 2. The summed E-state index contributed by atoms with van der Waals surface area (Å²) in [4.78, 5) is 11.1. The standard InChI is InChI=1S/C18H20NO6P/c1-20-11-7-5-8-12(21-2)15(11)17-24-19-25-18(26-17)16-13(22-3)9-6-10-14(16)23-4/h5-10,17,19H,1-4H3. The van der Waals surface area contributed by atoms with Crippen LogP contribution >= 0.6 is 8.20 Å². The van der Waals surface area contributed by atoms with Gasteiger partial charge in [0.05, 0.1) is 39.6 Å². The van der Waals surface area contributed by atoms with E-state index in [0.717, 1.165) is 13.8 Å². The Balaban J connectivity index is 2.10. The lowest BCUT2D eigenvalue weighted by Gasteiger charge is -2.25. The SMILES string of the molecule is COc1cccc(OC)c1C1=PC(c2c(OC)cccc2OC)ONO1. The lowest BCUT2D eigenvalue weighted by molar-refractivity contribution is -0.133. The largest absolute Gasteiger partial charge is 0.496 e. The first-order valence-electron chi connectivity index (χ1n) is 7.81. The van der Waals surface area contributed by atoms with Gasteiger partial charge in [-0.15, -0.1) is 0 Å². The van der Waals surface area contributed by atoms with Gasteiger partial charge in [-0.1, -0.05) is 17.8 Å². The molecule has 1 heterocycles. The van der Waals surface area contributed by atoms with Crippen LogP contribution in [0, 0.1) is 0 Å². The van der Waals surface area contributed by atoms with E-state index in [9.17, 15) is 0 Å². The molecular weight excluding hydrogens is 357 g/mol. The predicted molar refractivity (Wildman–Crippen MR) is 98.2 cm³/mol. The van der Waals surface area contributed by atoms with Gasteiger partial charge in [0.25, 0.3) is 0 Å². The Morgan fingerprint density at radius 1 is 0.808 bits per heavy atom. The monoisotopic (exact) mass is 377 g/mol. The molecule has 0 saturated heterocycles. The molecule has 1 aliphatic rings. The summed E-state index contributed by atoms with van der Waals surface area (Å²) in [6.45, 7) is 0. The Morgan fingerprint density at radius 2 is 1.31 bits per heavy atom. The highest BCUT2D eigenvalue weighted by molar-refractivity contribution is 7.41. The zero-order valence-corrected chi connectivity index (χ0v) is 15.8. The highest BCUT2D eigenvalue weighted by Crippen LogP contribution is 2.45. The maximum absolute atomic E-state index is 5.60. The number of hydrogen-bond donors (Lipinski definition) is 1. The van der Waals surface area contributed by atoms with Crippen molar-refractivity contribution >= 4 is 13.7 Å². The molecule has 0 saturated carbocycles. The minimum atomic E-state index is -0.417. The van der Waals surface area contributed by atoms with E-state index in [1.54, 1.807) is 28.4 Å². The Labute approximate surface area is 153 Å². The molecule has 1 atom stereocenters. The molecule has 1 aliphatic heterocycles. The van der Waals surface area contributed by atoms with Crippen molar-refractivity contribution < 1.29 is 28.6 Å². The molecule has 0 aromatic heterocycles. The van der Waals surface area contributed by atoms with Crippen molar-refractivity contribution in [1.82, 2.24) is 5.64 Å². The van der Waals surface area contributed by atoms with E-state index in [2.05, 4.69) is 5.64 Å². The van der Waals surface area contributed by atoms with Crippen molar-refractivity contribution in [2.75, 3.05) is 28.4 Å². The van der Waals surface area contributed by atoms with Gasteiger partial charge in [-0.25, -0.2) is 4.84 Å². The first kappa shape index (κ1) is 18.5. The maximum atomic E-state index is 5.60. The summed E-state index contributed by atoms with van der Waals surface area (Å²) in [7, 11) is 7.15. The fraction of sp³-hybridized carbons (Fsp3) is 0.278. The van der Waals surface area contributed by atoms with Crippen LogP contribution in [-0.4, -0.2) is 33.9 Å². The molecule has 0 radical (unpaired) electrons. The molecule has 3 rings (SSSR count). The van der Waals surface area contributed by atoms with Crippen LogP contribution in [0.4, 0.5) is 0 Å². The summed E-state index contributed by atoms with van der Waals surface area (Å²) in [6.07, 6.45) is 0. The lowest BCUT2D eigenvalue weighted by Crippen LogP contribution is -2.27. The van der Waals surface area contributed by atoms with Gasteiger partial charge in [-0.2, -0.15) is 0 Å². The molecule has 2 aromatic carbocycles. The fourth-order valence-corrected chi connectivity index (χ4v) is 3.82. The summed E-state index contributed by atoms with van der Waals surface area (Å²) in [6, 6.07) is 11.1. The summed E-state index contributed by atoms with van der Waals surface area (Å²) < 4.78 is 21.9. The molecule has 0 amide bonds. The number of ether oxygens (including phenoxy) is 4. The average molecular weight is 377 g/mol. The summed E-state index contributed by atoms with van der Waals surface area (Å²) in [5.74, 6) is 2.19. The molecule has 7 nitrogen and oxygen atoms in total. The third kappa shape index (κ3) is 3.48. The van der Waals surface area contributed by atoms with Crippen LogP contribution in [0.3, 0.4) is 0 Å². The zero-order valence-electron chi connectivity index (χ0n) is 14.9. The average Bonchev–Trinajstić information content (AvgIpc) is 2.72. The topological polar surface area (TPSA) is 67.4 Å². The van der Waals surface area contributed by atoms with Crippen LogP contribution in [-0.2, 0) is 9.68 Å². The van der Waals surface area contributed by atoms with E-state index < -0.39 is 5.85 Å². The van der Waals surface area contributed by atoms with Crippen molar-refractivity contribution in [2.24, 2.45) is 0 Å². The van der Waals surface area contributed by atoms with Gasteiger partial charge >= 0.3 is 0 Å². The molecule has 2 aromatic rings. The van der Waals surface area contributed by atoms with Crippen LogP contribution in [0.15, 0.2) is 36.4 Å². The van der Waals surface area contributed by atoms with Crippen LogP contribution in [0.5, 0.6) is 23.0 Å². The van der Waals surface area contributed by atoms with Crippen molar-refractivity contribution in [2.45, 2.75) is 5.85 Å². The summed E-state index contributed by atoms with van der Waals surface area (Å²) in [5.41, 5.74) is 4.62. The molecular formula is C18H20NO6P. The van der Waals surface area contributed by atoms with E-state index in [4.69, 9.17) is 28.6 Å². The summed E-state index contributed by atoms with van der Waals surface area (Å²) >= 11 is 0. The zero-order chi connectivity index (χ0) is 18.5. The molecule has 0 bridgehead atoms. The predicted octanol–water partition coefficient (Wildman–Crippen LogP) is 3.31. The van der Waals surface area contributed by atoms with E-state index in [1.165, 1.54) is 0 Å². The van der Waals surface area contributed by atoms with Crippen molar-refractivity contribution in [1.29, 1.82) is 0 Å². The summed E-state index contributed by atoms with van der Waals surface area (Å²) in [5, 5.41) is 0. The third-order valence-corrected chi connectivity index (χ3v) is 5.03. The van der Waals surface area contributed by atoms with Crippen LogP contribution in [0.25, 0.3) is 0 Å². The third-order valence-electron chi connectivity index (χ3n) is 3.89. The number of nitrogens with one attached hydrogen (secondary N) is 1. The van der Waals surface area contributed by atoms with E-state index >= 15 is 0 Å². The van der Waals surface area contributed by atoms with E-state index in [0.29, 0.717) is 34.0 Å². The van der Waals surface area contributed by atoms with Crippen molar-refractivity contribution in [3.8, 4) is 23.0 Å². The highest BCUT2D eigenvalue weighted by atomic mass is 31.1. The van der Waals surface area contributed by atoms with Crippen LogP contribution in [0.2, 0.25) is 0 Å². The maximum Gasteiger partial charge on any atom is 0.157 e. The van der Waals surface area contributed by atoms with E-state index in [1.807, 2.05) is 36.4 Å². The molecule has 8 heteroatoms. The second-order valence-electron chi connectivity index (χ2n) is 5.20. The number of methoxy groups -OCH3 is 4. The minimum Gasteiger partial charge on any atom is -0.496 e. The first-order valence-corrected chi connectivity index (χ1v) is 8.77. The molecule has 138 valence electrons. The van der Waals surface area contributed by atoms with Crippen molar-refractivity contribution in [3.63, 3.8) is 0 Å². The number of hydrogen-bond acceptors (Lipinski definition) is 7. The van der Waals surface area contributed by atoms with Gasteiger partial charge in [0, 0.05) is 0 Å². The van der Waals surface area contributed by atoms with Crippen LogP contribution in [0.1, 0.15) is 17.0 Å². The lowest BCUT2D eigenvalue weighted by atomic mass is 10.2. The normalized spacial score (nSPS) is 17.2. The minimum absolute atomic E-state index is 0.417. The second-order valence-corrected chi connectivity index (χ2v) is 6.34. The number of rotatable bonds is 6. The fourth-order valence-electron chi connectivity index (χ4n) is 2.69. The van der Waals surface area contributed by atoms with Crippen molar-refractivity contribution in [3.05, 3.63) is 47.5 Å². The van der Waals surface area contributed by atoms with Gasteiger partial charge in [0.1, 0.15) is 28.5 Å². The Bertz CT molecular complexity index is 766. The smallest absolute Gasteiger partial charge is 0.157 e.